The number of esters is 1. The Balaban J connectivity index is 4.07. The summed E-state index contributed by atoms with van der Waals surface area (Å²) in [6.07, 6.45) is 5.10. The van der Waals surface area contributed by atoms with Crippen molar-refractivity contribution in [2.45, 2.75) is 130 Å². The highest BCUT2D eigenvalue weighted by Gasteiger charge is 2.21. The fraction of sp³-hybridized carbons (Fsp3) is 0.762. The Bertz CT molecular complexity index is 1410. The minimum atomic E-state index is -0.896. The Hall–Kier alpha value is -4.66. The summed E-state index contributed by atoms with van der Waals surface area (Å²) >= 11 is 0. The molecule has 0 aromatic carbocycles. The van der Waals surface area contributed by atoms with Crippen molar-refractivity contribution in [3.8, 4) is 0 Å². The molecule has 0 saturated heterocycles. The second-order valence-corrected chi connectivity index (χ2v) is 14.9. The van der Waals surface area contributed by atoms with Crippen LogP contribution in [0.1, 0.15) is 118 Å². The molecule has 0 aromatic heterocycles. The molecular weight excluding hydrogens is 814 g/mol. The molecule has 0 aliphatic carbocycles. The lowest BCUT2D eigenvalue weighted by Crippen LogP contribution is -2.45. The van der Waals surface area contributed by atoms with Crippen molar-refractivity contribution in [1.29, 1.82) is 0 Å². The Morgan fingerprint density at radius 3 is 1.50 bits per heavy atom. The van der Waals surface area contributed by atoms with Crippen LogP contribution >= 0.6 is 0 Å². The smallest absolute Gasteiger partial charge is 0.306 e. The van der Waals surface area contributed by atoms with E-state index >= 15 is 0 Å². The molecule has 0 heterocycles. The van der Waals surface area contributed by atoms with E-state index in [1.165, 1.54) is 20.8 Å². The third-order valence-electron chi connectivity index (χ3n) is 9.15. The quantitative estimate of drug-likeness (QED) is 0.0418. The predicted octanol–water partition coefficient (Wildman–Crippen LogP) is 0.717. The number of hydrogen-bond acceptors (Lipinski definition) is 15. The molecule has 62 heavy (non-hydrogen) atoms. The lowest BCUT2D eigenvalue weighted by Gasteiger charge is -2.16. The highest BCUT2D eigenvalue weighted by molar-refractivity contribution is 5.89. The van der Waals surface area contributed by atoms with Gasteiger partial charge < -0.3 is 50.7 Å². The summed E-state index contributed by atoms with van der Waals surface area (Å²) < 4.78 is 26.1. The molecule has 0 rings (SSSR count). The SMILES string of the molecule is CC(=O)NCCOCCOCC(=O)NC(CCCCCC(=O)CCCC(=O)COC(=O)CC(C)C(=O)CCCCCC(NC(=O)COCCOCCNC(C)=O)C(N)=O)C(C)=O. The average Bonchev–Trinajstić information content (AvgIpc) is 3.20. The number of primary amides is 1. The number of ketones is 4. The van der Waals surface area contributed by atoms with E-state index in [1.807, 2.05) is 0 Å². The van der Waals surface area contributed by atoms with E-state index < -0.39 is 48.3 Å². The fourth-order valence-corrected chi connectivity index (χ4v) is 5.68. The van der Waals surface area contributed by atoms with Crippen LogP contribution in [0.25, 0.3) is 0 Å². The first-order valence-electron chi connectivity index (χ1n) is 21.4. The molecular formula is C42H71N5O15. The maximum atomic E-state index is 12.6. The summed E-state index contributed by atoms with van der Waals surface area (Å²) in [6.45, 7) is 7.03. The summed E-state index contributed by atoms with van der Waals surface area (Å²) in [7, 11) is 0. The van der Waals surface area contributed by atoms with Gasteiger partial charge in [0.15, 0.2) is 11.6 Å². The van der Waals surface area contributed by atoms with E-state index in [0.29, 0.717) is 84.1 Å². The monoisotopic (exact) mass is 885 g/mol. The normalized spacial score (nSPS) is 12.3. The van der Waals surface area contributed by atoms with Crippen molar-refractivity contribution < 1.29 is 71.6 Å². The van der Waals surface area contributed by atoms with E-state index in [-0.39, 0.29) is 107 Å². The van der Waals surface area contributed by atoms with Gasteiger partial charge in [-0.3, -0.25) is 47.9 Å². The molecule has 20 heteroatoms. The highest BCUT2D eigenvalue weighted by Crippen LogP contribution is 2.14. The van der Waals surface area contributed by atoms with E-state index in [0.717, 1.165) is 0 Å². The standard InChI is InChI=1S/C42H71N5O15/c1-30(38(53)17-10-6-9-16-37(42(43)57)47-40(55)29-61-25-23-59-21-19-45-33(4)50)26-41(56)62-27-35(52)14-11-13-34(51)12-7-5-8-15-36(31(2)48)46-39(54)28-60-24-22-58-20-18-44-32(3)49/h30,36-37H,5-29H2,1-4H3,(H2,43,57)(H,44,49)(H,45,50)(H,46,54)(H,47,55). The maximum Gasteiger partial charge on any atom is 0.306 e. The van der Waals surface area contributed by atoms with Crippen LogP contribution in [0, 0.1) is 5.92 Å². The average molecular weight is 886 g/mol. The first kappa shape index (κ1) is 57.3. The number of carbonyl (C=O) groups is 10. The lowest BCUT2D eigenvalue weighted by atomic mass is 9.97. The molecule has 6 N–H and O–H groups in total. The van der Waals surface area contributed by atoms with Gasteiger partial charge in [0, 0.05) is 58.5 Å². The molecule has 0 spiro atoms. The summed E-state index contributed by atoms with van der Waals surface area (Å²) in [5.74, 6) is -3.90. The van der Waals surface area contributed by atoms with Gasteiger partial charge in [-0.2, -0.15) is 0 Å². The second kappa shape index (κ2) is 36.9. The fourth-order valence-electron chi connectivity index (χ4n) is 5.68. The largest absolute Gasteiger partial charge is 0.458 e. The molecule has 0 bridgehead atoms. The third kappa shape index (κ3) is 35.0. The first-order valence-corrected chi connectivity index (χ1v) is 21.4. The van der Waals surface area contributed by atoms with Crippen LogP contribution < -0.4 is 27.0 Å². The van der Waals surface area contributed by atoms with Crippen LogP contribution in [0.3, 0.4) is 0 Å². The molecule has 0 saturated carbocycles. The molecule has 20 nitrogen and oxygen atoms in total. The third-order valence-corrected chi connectivity index (χ3v) is 9.15. The molecule has 0 fully saturated rings. The van der Waals surface area contributed by atoms with Gasteiger partial charge in [-0.15, -0.1) is 0 Å². The van der Waals surface area contributed by atoms with Crippen LogP contribution in [0.15, 0.2) is 0 Å². The molecule has 5 amide bonds. The zero-order valence-electron chi connectivity index (χ0n) is 37.1. The first-order chi connectivity index (χ1) is 29.5. The van der Waals surface area contributed by atoms with Crippen molar-refractivity contribution >= 4 is 58.6 Å². The van der Waals surface area contributed by atoms with E-state index in [9.17, 15) is 47.9 Å². The van der Waals surface area contributed by atoms with Crippen LogP contribution in [0.5, 0.6) is 0 Å². The number of ether oxygens (including phenoxy) is 5. The molecule has 0 aliphatic rings. The number of hydrogen-bond donors (Lipinski definition) is 5. The minimum absolute atomic E-state index is 0.00797. The van der Waals surface area contributed by atoms with Crippen molar-refractivity contribution in [1.82, 2.24) is 21.3 Å². The Morgan fingerprint density at radius 2 is 0.984 bits per heavy atom. The van der Waals surface area contributed by atoms with Crippen LogP contribution in [0.4, 0.5) is 0 Å². The van der Waals surface area contributed by atoms with E-state index in [4.69, 9.17) is 29.4 Å². The summed E-state index contributed by atoms with van der Waals surface area (Å²) in [6, 6.07) is -1.55. The lowest BCUT2D eigenvalue weighted by molar-refractivity contribution is -0.150. The van der Waals surface area contributed by atoms with Crippen molar-refractivity contribution in [2.75, 3.05) is 72.6 Å². The number of amides is 5. The highest BCUT2D eigenvalue weighted by atomic mass is 16.5. The minimum Gasteiger partial charge on any atom is -0.458 e. The number of rotatable bonds is 41. The molecule has 3 unspecified atom stereocenters. The predicted molar refractivity (Wildman–Crippen MR) is 224 cm³/mol. The Morgan fingerprint density at radius 1 is 0.516 bits per heavy atom. The Labute approximate surface area is 364 Å². The maximum absolute atomic E-state index is 12.6. The molecule has 0 radical (unpaired) electrons. The van der Waals surface area contributed by atoms with Crippen molar-refractivity contribution in [3.05, 3.63) is 0 Å². The summed E-state index contributed by atoms with van der Waals surface area (Å²) in [5, 5.41) is 10.4. The molecule has 3 atom stereocenters. The number of nitrogens with two attached hydrogens (primary N) is 1. The van der Waals surface area contributed by atoms with Crippen LogP contribution in [-0.2, 0) is 71.6 Å². The summed E-state index contributed by atoms with van der Waals surface area (Å²) in [5.41, 5.74) is 5.43. The van der Waals surface area contributed by atoms with Gasteiger partial charge in [-0.25, -0.2) is 0 Å². The van der Waals surface area contributed by atoms with Gasteiger partial charge in [0.25, 0.3) is 0 Å². The molecule has 354 valence electrons. The molecule has 0 aliphatic heterocycles. The number of carbonyl (C=O) groups excluding carboxylic acids is 10. The van der Waals surface area contributed by atoms with Crippen LogP contribution in [-0.4, -0.2) is 143 Å². The topological polar surface area (TPSA) is 291 Å². The summed E-state index contributed by atoms with van der Waals surface area (Å²) in [4.78, 5) is 119. The van der Waals surface area contributed by atoms with E-state index in [1.54, 1.807) is 6.92 Å². The van der Waals surface area contributed by atoms with Gasteiger partial charge in [0.1, 0.15) is 37.4 Å². The van der Waals surface area contributed by atoms with Gasteiger partial charge in [-0.05, 0) is 39.0 Å². The number of nitrogens with one attached hydrogen (secondary N) is 4. The number of unbranched alkanes of at least 4 members (excludes halogenated alkanes) is 4. The van der Waals surface area contributed by atoms with E-state index in [2.05, 4.69) is 21.3 Å². The van der Waals surface area contributed by atoms with Crippen LogP contribution in [0.2, 0.25) is 0 Å². The zero-order chi connectivity index (χ0) is 46.5. The van der Waals surface area contributed by atoms with Crippen molar-refractivity contribution in [3.63, 3.8) is 0 Å². The van der Waals surface area contributed by atoms with Gasteiger partial charge in [0.2, 0.25) is 29.5 Å². The zero-order valence-corrected chi connectivity index (χ0v) is 37.1. The molecule has 0 aromatic rings. The van der Waals surface area contributed by atoms with Gasteiger partial charge in [0.05, 0.1) is 52.1 Å². The number of Topliss-reactive ketones (excluding diaryl/α,β-unsaturated/α-hetero) is 4. The van der Waals surface area contributed by atoms with Crippen molar-refractivity contribution in [2.24, 2.45) is 11.7 Å². The Kier molecular flexibility index (Phi) is 34.2. The van der Waals surface area contributed by atoms with Gasteiger partial charge >= 0.3 is 5.97 Å². The second-order valence-electron chi connectivity index (χ2n) is 14.9. The van der Waals surface area contributed by atoms with Gasteiger partial charge in [-0.1, -0.05) is 32.6 Å².